The number of aryl methyl sites for hydroxylation is 1. The van der Waals surface area contributed by atoms with Crippen LogP contribution in [0.2, 0.25) is 0 Å². The Bertz CT molecular complexity index is 811. The Hall–Kier alpha value is -1.42. The van der Waals surface area contributed by atoms with Crippen LogP contribution in [0.25, 0.3) is 0 Å². The molecule has 1 aromatic heterocycles. The summed E-state index contributed by atoms with van der Waals surface area (Å²) in [6.45, 7) is 8.69. The van der Waals surface area contributed by atoms with Crippen molar-refractivity contribution in [1.82, 2.24) is 18.7 Å². The maximum absolute atomic E-state index is 13.4. The molecule has 0 spiro atoms. The van der Waals surface area contributed by atoms with Crippen LogP contribution in [0.15, 0.2) is 17.2 Å². The molecule has 8 nitrogen and oxygen atoms in total. The van der Waals surface area contributed by atoms with Crippen molar-refractivity contribution in [3.05, 3.63) is 18.0 Å². The van der Waals surface area contributed by atoms with E-state index in [1.54, 1.807) is 23.9 Å². The summed E-state index contributed by atoms with van der Waals surface area (Å²) in [6.07, 6.45) is 7.74. The highest BCUT2D eigenvalue weighted by molar-refractivity contribution is 7.89. The first-order valence-electron chi connectivity index (χ1n) is 11.7. The minimum Gasteiger partial charge on any atom is -0.379 e. The molecule has 3 rings (SSSR count). The number of carbonyl (C=O) groups excluding carboxylic acids is 1. The summed E-state index contributed by atoms with van der Waals surface area (Å²) in [5, 5.41) is 0. The van der Waals surface area contributed by atoms with E-state index in [1.807, 2.05) is 4.90 Å². The van der Waals surface area contributed by atoms with Crippen molar-refractivity contribution in [3.8, 4) is 0 Å². The molecule has 0 aromatic carbocycles. The lowest BCUT2D eigenvalue weighted by Crippen LogP contribution is -2.43. The average molecular weight is 455 g/mol. The van der Waals surface area contributed by atoms with Gasteiger partial charge in [-0.05, 0) is 25.3 Å². The number of sulfonamides is 1. The molecule has 0 N–H and O–H groups in total. The molecule has 0 saturated carbocycles. The Morgan fingerprint density at radius 1 is 1.06 bits per heavy atom. The predicted octanol–water partition coefficient (Wildman–Crippen LogP) is 2.16. The summed E-state index contributed by atoms with van der Waals surface area (Å²) in [6, 6.07) is 1.56. The van der Waals surface area contributed by atoms with Gasteiger partial charge in [-0.1, -0.05) is 26.2 Å². The van der Waals surface area contributed by atoms with Crippen LogP contribution in [0.5, 0.6) is 0 Å². The van der Waals surface area contributed by atoms with E-state index in [0.29, 0.717) is 31.9 Å². The van der Waals surface area contributed by atoms with Gasteiger partial charge in [0, 0.05) is 59.1 Å². The van der Waals surface area contributed by atoms with Gasteiger partial charge in [-0.15, -0.1) is 0 Å². The zero-order chi connectivity index (χ0) is 22.3. The van der Waals surface area contributed by atoms with E-state index in [-0.39, 0.29) is 10.8 Å². The molecule has 2 fully saturated rings. The Balaban J connectivity index is 1.71. The van der Waals surface area contributed by atoms with Crippen LogP contribution < -0.4 is 0 Å². The van der Waals surface area contributed by atoms with Crippen molar-refractivity contribution >= 4 is 15.9 Å². The number of amides is 1. The standard InChI is InChI=1S/C22H38N4O4S/c1-3-4-5-6-9-25(13-12-24-14-16-30-17-15-24)22(27)21-18-20(19-23(21)2)31(28,29)26-10-7-8-11-26/h18-19H,3-17H2,1-2H3. The highest BCUT2D eigenvalue weighted by atomic mass is 32.2. The van der Waals surface area contributed by atoms with Gasteiger partial charge >= 0.3 is 0 Å². The first kappa shape index (κ1) is 24.2. The predicted molar refractivity (Wildman–Crippen MR) is 121 cm³/mol. The number of rotatable bonds is 11. The van der Waals surface area contributed by atoms with Gasteiger partial charge in [0.05, 0.1) is 13.2 Å². The summed E-state index contributed by atoms with van der Waals surface area (Å²) >= 11 is 0. The highest BCUT2D eigenvalue weighted by Gasteiger charge is 2.30. The molecule has 31 heavy (non-hydrogen) atoms. The van der Waals surface area contributed by atoms with E-state index in [0.717, 1.165) is 71.4 Å². The van der Waals surface area contributed by atoms with E-state index >= 15 is 0 Å². The third-order valence-electron chi connectivity index (χ3n) is 6.26. The summed E-state index contributed by atoms with van der Waals surface area (Å²) in [5.74, 6) is -0.0878. The quantitative estimate of drug-likeness (QED) is 0.479. The molecule has 9 heteroatoms. The number of aromatic nitrogens is 1. The fourth-order valence-corrected chi connectivity index (χ4v) is 5.85. The van der Waals surface area contributed by atoms with E-state index in [4.69, 9.17) is 4.74 Å². The lowest BCUT2D eigenvalue weighted by atomic mass is 10.2. The molecular weight excluding hydrogens is 416 g/mol. The molecule has 0 bridgehead atoms. The zero-order valence-corrected chi connectivity index (χ0v) is 19.9. The van der Waals surface area contributed by atoms with Gasteiger partial charge in [0.2, 0.25) is 10.0 Å². The second-order valence-electron chi connectivity index (χ2n) is 8.59. The van der Waals surface area contributed by atoms with Crippen molar-refractivity contribution in [2.45, 2.75) is 50.3 Å². The number of carbonyl (C=O) groups is 1. The molecule has 1 amide bonds. The first-order valence-corrected chi connectivity index (χ1v) is 13.1. The maximum atomic E-state index is 13.4. The van der Waals surface area contributed by atoms with Crippen molar-refractivity contribution in [1.29, 1.82) is 0 Å². The smallest absolute Gasteiger partial charge is 0.270 e. The first-order chi connectivity index (χ1) is 14.9. The van der Waals surface area contributed by atoms with E-state index in [9.17, 15) is 13.2 Å². The molecule has 1 aromatic rings. The Morgan fingerprint density at radius 2 is 1.77 bits per heavy atom. The van der Waals surface area contributed by atoms with Gasteiger partial charge in [-0.25, -0.2) is 8.42 Å². The van der Waals surface area contributed by atoms with Crippen LogP contribution in [0.1, 0.15) is 55.9 Å². The Morgan fingerprint density at radius 3 is 2.45 bits per heavy atom. The normalized spacial score (nSPS) is 18.5. The van der Waals surface area contributed by atoms with Gasteiger partial charge < -0.3 is 14.2 Å². The van der Waals surface area contributed by atoms with Crippen LogP contribution >= 0.6 is 0 Å². The van der Waals surface area contributed by atoms with Gasteiger partial charge in [-0.3, -0.25) is 9.69 Å². The Kier molecular flexibility index (Phi) is 8.95. The summed E-state index contributed by atoms with van der Waals surface area (Å²) < 4.78 is 34.5. The van der Waals surface area contributed by atoms with Crippen molar-refractivity contribution in [2.75, 3.05) is 59.0 Å². The molecule has 0 aliphatic carbocycles. The fourth-order valence-electron chi connectivity index (χ4n) is 4.26. The van der Waals surface area contributed by atoms with Crippen molar-refractivity contribution < 1.29 is 17.9 Å². The van der Waals surface area contributed by atoms with E-state index in [2.05, 4.69) is 11.8 Å². The van der Waals surface area contributed by atoms with Gasteiger partial charge in [-0.2, -0.15) is 4.31 Å². The van der Waals surface area contributed by atoms with Crippen LogP contribution in [0, 0.1) is 0 Å². The summed E-state index contributed by atoms with van der Waals surface area (Å²) in [4.78, 5) is 17.9. The van der Waals surface area contributed by atoms with Crippen LogP contribution in [0.3, 0.4) is 0 Å². The molecule has 3 heterocycles. The second-order valence-corrected chi connectivity index (χ2v) is 10.5. The Labute approximate surface area is 187 Å². The molecule has 0 atom stereocenters. The van der Waals surface area contributed by atoms with Gasteiger partial charge in [0.15, 0.2) is 0 Å². The average Bonchev–Trinajstić information content (AvgIpc) is 3.44. The summed E-state index contributed by atoms with van der Waals surface area (Å²) in [5.41, 5.74) is 0.440. The molecule has 2 saturated heterocycles. The molecule has 0 radical (unpaired) electrons. The van der Waals surface area contributed by atoms with E-state index in [1.165, 1.54) is 4.31 Å². The zero-order valence-electron chi connectivity index (χ0n) is 19.1. The number of ether oxygens (including phenoxy) is 1. The van der Waals surface area contributed by atoms with Gasteiger partial charge in [0.25, 0.3) is 5.91 Å². The SMILES string of the molecule is CCCCCCN(CCN1CCOCC1)C(=O)c1cc(S(=O)(=O)N2CCCC2)cn1C. The van der Waals surface area contributed by atoms with Gasteiger partial charge in [0.1, 0.15) is 10.6 Å². The fraction of sp³-hybridized carbons (Fsp3) is 0.773. The monoisotopic (exact) mass is 454 g/mol. The molecule has 2 aliphatic heterocycles. The minimum absolute atomic E-state index is 0.0878. The number of hydrogen-bond acceptors (Lipinski definition) is 5. The lowest BCUT2D eigenvalue weighted by molar-refractivity contribution is 0.0323. The summed E-state index contributed by atoms with van der Waals surface area (Å²) in [7, 11) is -1.78. The second kappa shape index (κ2) is 11.4. The minimum atomic E-state index is -3.53. The van der Waals surface area contributed by atoms with E-state index < -0.39 is 10.0 Å². The van der Waals surface area contributed by atoms with Crippen LogP contribution in [-0.2, 0) is 21.8 Å². The van der Waals surface area contributed by atoms with Crippen LogP contribution in [0.4, 0.5) is 0 Å². The third-order valence-corrected chi connectivity index (χ3v) is 8.12. The van der Waals surface area contributed by atoms with Crippen molar-refractivity contribution in [3.63, 3.8) is 0 Å². The number of nitrogens with zero attached hydrogens (tertiary/aromatic N) is 4. The number of hydrogen-bond donors (Lipinski definition) is 0. The molecule has 0 unspecified atom stereocenters. The van der Waals surface area contributed by atoms with Crippen LogP contribution in [-0.4, -0.2) is 92.0 Å². The number of morpholine rings is 1. The third kappa shape index (κ3) is 6.31. The maximum Gasteiger partial charge on any atom is 0.270 e. The molecule has 176 valence electrons. The largest absolute Gasteiger partial charge is 0.379 e. The van der Waals surface area contributed by atoms with Crippen molar-refractivity contribution in [2.24, 2.45) is 7.05 Å². The lowest BCUT2D eigenvalue weighted by Gasteiger charge is -2.30. The highest BCUT2D eigenvalue weighted by Crippen LogP contribution is 2.23. The molecule has 2 aliphatic rings. The topological polar surface area (TPSA) is 75.1 Å². The molecular formula is C22H38N4O4S. The number of unbranched alkanes of at least 4 members (excludes halogenated alkanes) is 3.